The molecule has 1 aliphatic heterocycles. The summed E-state index contributed by atoms with van der Waals surface area (Å²) in [4.78, 5) is 40.0. The van der Waals surface area contributed by atoms with Crippen LogP contribution >= 0.6 is 0 Å². The Balaban J connectivity index is 1.43. The SMILES string of the molecule is CCOC(=O)C1CCCN(C(=O)CN(C)C(=O)COc2ccc(Oc3ccccc3)cc2)C1. The molecule has 8 nitrogen and oxygen atoms in total. The number of ether oxygens (including phenoxy) is 3. The minimum atomic E-state index is -0.313. The number of hydrogen-bond acceptors (Lipinski definition) is 6. The zero-order chi connectivity index (χ0) is 23.6. The van der Waals surface area contributed by atoms with Crippen LogP contribution in [0.25, 0.3) is 0 Å². The Morgan fingerprint density at radius 3 is 2.36 bits per heavy atom. The maximum Gasteiger partial charge on any atom is 0.310 e. The first-order chi connectivity index (χ1) is 16.0. The highest BCUT2D eigenvalue weighted by Crippen LogP contribution is 2.23. The summed E-state index contributed by atoms with van der Waals surface area (Å²) < 4.78 is 16.4. The van der Waals surface area contributed by atoms with Gasteiger partial charge in [-0.3, -0.25) is 14.4 Å². The van der Waals surface area contributed by atoms with E-state index in [9.17, 15) is 14.4 Å². The van der Waals surface area contributed by atoms with Gasteiger partial charge in [-0.2, -0.15) is 0 Å². The van der Waals surface area contributed by atoms with Gasteiger partial charge in [-0.25, -0.2) is 0 Å². The predicted octanol–water partition coefficient (Wildman–Crippen LogP) is 3.12. The third-order valence-corrected chi connectivity index (χ3v) is 5.36. The molecule has 1 unspecified atom stereocenters. The van der Waals surface area contributed by atoms with Gasteiger partial charge in [0.25, 0.3) is 5.91 Å². The minimum Gasteiger partial charge on any atom is -0.484 e. The van der Waals surface area contributed by atoms with E-state index in [0.29, 0.717) is 37.6 Å². The number of piperidine rings is 1. The van der Waals surface area contributed by atoms with Gasteiger partial charge in [0.2, 0.25) is 5.91 Å². The van der Waals surface area contributed by atoms with Crippen molar-refractivity contribution in [1.82, 2.24) is 9.80 Å². The first-order valence-corrected chi connectivity index (χ1v) is 11.1. The van der Waals surface area contributed by atoms with E-state index in [2.05, 4.69) is 0 Å². The number of para-hydroxylation sites is 1. The molecule has 0 radical (unpaired) electrons. The summed E-state index contributed by atoms with van der Waals surface area (Å²) >= 11 is 0. The van der Waals surface area contributed by atoms with Crippen LogP contribution in [0.3, 0.4) is 0 Å². The number of esters is 1. The maximum atomic E-state index is 12.6. The lowest BCUT2D eigenvalue weighted by Gasteiger charge is -2.32. The lowest BCUT2D eigenvalue weighted by Crippen LogP contribution is -2.47. The summed E-state index contributed by atoms with van der Waals surface area (Å²) in [6.45, 7) is 2.73. The first-order valence-electron chi connectivity index (χ1n) is 11.1. The molecule has 8 heteroatoms. The Hall–Kier alpha value is -3.55. The molecule has 0 N–H and O–H groups in total. The lowest BCUT2D eigenvalue weighted by molar-refractivity contribution is -0.152. The van der Waals surface area contributed by atoms with Crippen LogP contribution in [0.15, 0.2) is 54.6 Å². The molecule has 2 amide bonds. The number of rotatable bonds is 9. The van der Waals surface area contributed by atoms with Crippen molar-refractivity contribution in [2.75, 3.05) is 39.9 Å². The molecule has 0 saturated carbocycles. The van der Waals surface area contributed by atoms with Crippen LogP contribution in [0.5, 0.6) is 17.2 Å². The van der Waals surface area contributed by atoms with Crippen molar-refractivity contribution in [3.63, 3.8) is 0 Å². The zero-order valence-corrected chi connectivity index (χ0v) is 19.1. The highest BCUT2D eigenvalue weighted by atomic mass is 16.5. The van der Waals surface area contributed by atoms with E-state index in [0.717, 1.165) is 12.2 Å². The van der Waals surface area contributed by atoms with Crippen LogP contribution < -0.4 is 9.47 Å². The van der Waals surface area contributed by atoms with Crippen LogP contribution in [0, 0.1) is 5.92 Å². The van der Waals surface area contributed by atoms with Crippen molar-refractivity contribution >= 4 is 17.8 Å². The first kappa shape index (κ1) is 24.1. The van der Waals surface area contributed by atoms with Gasteiger partial charge in [-0.05, 0) is 56.2 Å². The molecule has 1 aliphatic rings. The van der Waals surface area contributed by atoms with Crippen molar-refractivity contribution in [2.45, 2.75) is 19.8 Å². The highest BCUT2D eigenvalue weighted by molar-refractivity contribution is 5.86. The fraction of sp³-hybridized carbons (Fsp3) is 0.400. The average Bonchev–Trinajstić information content (AvgIpc) is 2.84. The van der Waals surface area contributed by atoms with Gasteiger partial charge in [-0.15, -0.1) is 0 Å². The van der Waals surface area contributed by atoms with E-state index in [1.807, 2.05) is 30.3 Å². The number of amides is 2. The van der Waals surface area contributed by atoms with Gasteiger partial charge in [0.1, 0.15) is 17.2 Å². The summed E-state index contributed by atoms with van der Waals surface area (Å²) in [5, 5.41) is 0. The van der Waals surface area contributed by atoms with Crippen LogP contribution in [0.4, 0.5) is 0 Å². The predicted molar refractivity (Wildman–Crippen MR) is 122 cm³/mol. The number of likely N-dealkylation sites (N-methyl/N-ethyl adjacent to an activating group) is 1. The monoisotopic (exact) mass is 454 g/mol. The van der Waals surface area contributed by atoms with Crippen LogP contribution in [-0.2, 0) is 19.1 Å². The molecular weight excluding hydrogens is 424 g/mol. The van der Waals surface area contributed by atoms with E-state index in [4.69, 9.17) is 14.2 Å². The summed E-state index contributed by atoms with van der Waals surface area (Å²) in [6, 6.07) is 16.4. The fourth-order valence-corrected chi connectivity index (χ4v) is 3.53. The number of benzene rings is 2. The second-order valence-electron chi connectivity index (χ2n) is 7.86. The highest BCUT2D eigenvalue weighted by Gasteiger charge is 2.30. The van der Waals surface area contributed by atoms with Gasteiger partial charge >= 0.3 is 5.97 Å². The summed E-state index contributed by atoms with van der Waals surface area (Å²) in [7, 11) is 1.56. The molecule has 0 bridgehead atoms. The Labute approximate surface area is 194 Å². The quantitative estimate of drug-likeness (QED) is 0.541. The maximum absolute atomic E-state index is 12.6. The normalized spacial score (nSPS) is 15.5. The molecule has 3 rings (SSSR count). The second kappa shape index (κ2) is 11.9. The molecule has 1 atom stereocenters. The van der Waals surface area contributed by atoms with E-state index in [1.54, 1.807) is 43.1 Å². The molecule has 1 saturated heterocycles. The molecule has 2 aromatic rings. The van der Waals surface area contributed by atoms with E-state index >= 15 is 0 Å². The Kier molecular flexibility index (Phi) is 8.69. The molecule has 0 spiro atoms. The molecule has 1 heterocycles. The second-order valence-corrected chi connectivity index (χ2v) is 7.86. The van der Waals surface area contributed by atoms with Crippen molar-refractivity contribution in [1.29, 1.82) is 0 Å². The molecule has 0 aliphatic carbocycles. The Morgan fingerprint density at radius 2 is 1.67 bits per heavy atom. The Morgan fingerprint density at radius 1 is 1.00 bits per heavy atom. The summed E-state index contributed by atoms with van der Waals surface area (Å²) in [6.07, 6.45) is 1.44. The van der Waals surface area contributed by atoms with Crippen molar-refractivity contribution in [3.05, 3.63) is 54.6 Å². The lowest BCUT2D eigenvalue weighted by atomic mass is 9.98. The fourth-order valence-electron chi connectivity index (χ4n) is 3.53. The molecule has 1 fully saturated rings. The van der Waals surface area contributed by atoms with Crippen molar-refractivity contribution in [2.24, 2.45) is 5.92 Å². The summed E-state index contributed by atoms with van der Waals surface area (Å²) in [5.74, 6) is 0.833. The van der Waals surface area contributed by atoms with Crippen LogP contribution in [-0.4, -0.2) is 67.5 Å². The molecular formula is C25H30N2O6. The third-order valence-electron chi connectivity index (χ3n) is 5.36. The Bertz CT molecular complexity index is 932. The largest absolute Gasteiger partial charge is 0.484 e. The van der Waals surface area contributed by atoms with Crippen LogP contribution in [0.1, 0.15) is 19.8 Å². The number of carbonyl (C=O) groups is 3. The van der Waals surface area contributed by atoms with E-state index in [-0.39, 0.29) is 36.9 Å². The average molecular weight is 455 g/mol. The molecule has 0 aromatic heterocycles. The topological polar surface area (TPSA) is 85.4 Å². The van der Waals surface area contributed by atoms with Gasteiger partial charge in [-0.1, -0.05) is 18.2 Å². The minimum absolute atomic E-state index is 0.0679. The third kappa shape index (κ3) is 7.24. The standard InChI is InChI=1S/C25H30N2O6/c1-3-31-25(30)19-8-7-15-27(16-19)23(28)17-26(2)24(29)18-32-20-11-13-22(14-12-20)33-21-9-5-4-6-10-21/h4-6,9-14,19H,3,7-8,15-18H2,1-2H3. The molecule has 2 aromatic carbocycles. The number of nitrogens with zero attached hydrogens (tertiary/aromatic N) is 2. The molecule has 33 heavy (non-hydrogen) atoms. The van der Waals surface area contributed by atoms with E-state index < -0.39 is 0 Å². The number of likely N-dealkylation sites (tertiary alicyclic amines) is 1. The van der Waals surface area contributed by atoms with Gasteiger partial charge < -0.3 is 24.0 Å². The van der Waals surface area contributed by atoms with E-state index in [1.165, 1.54) is 4.90 Å². The van der Waals surface area contributed by atoms with Crippen molar-refractivity contribution < 1.29 is 28.6 Å². The van der Waals surface area contributed by atoms with Crippen LogP contribution in [0.2, 0.25) is 0 Å². The molecule has 176 valence electrons. The van der Waals surface area contributed by atoms with Crippen molar-refractivity contribution in [3.8, 4) is 17.2 Å². The number of carbonyl (C=O) groups excluding carboxylic acids is 3. The van der Waals surface area contributed by atoms with Gasteiger partial charge in [0.15, 0.2) is 6.61 Å². The summed E-state index contributed by atoms with van der Waals surface area (Å²) in [5.41, 5.74) is 0. The van der Waals surface area contributed by atoms with Gasteiger partial charge in [0, 0.05) is 20.1 Å². The zero-order valence-electron chi connectivity index (χ0n) is 19.1. The van der Waals surface area contributed by atoms with Gasteiger partial charge in [0.05, 0.1) is 19.1 Å². The number of hydrogen-bond donors (Lipinski definition) is 0. The smallest absolute Gasteiger partial charge is 0.310 e.